The summed E-state index contributed by atoms with van der Waals surface area (Å²) in [6, 6.07) is 2.59. The van der Waals surface area contributed by atoms with Crippen molar-refractivity contribution in [2.75, 3.05) is 12.4 Å². The van der Waals surface area contributed by atoms with Gasteiger partial charge in [0, 0.05) is 18.0 Å². The lowest BCUT2D eigenvalue weighted by atomic mass is 9.84. The van der Waals surface area contributed by atoms with Crippen LogP contribution in [0.15, 0.2) is 21.4 Å². The van der Waals surface area contributed by atoms with Crippen LogP contribution in [0.2, 0.25) is 0 Å². The first-order valence-corrected chi connectivity index (χ1v) is 7.47. The van der Waals surface area contributed by atoms with Gasteiger partial charge in [-0.3, -0.25) is 0 Å². The molecular formula is C13H16N2O4S. The van der Waals surface area contributed by atoms with E-state index >= 15 is 0 Å². The SMILES string of the molecule is CNc1c(C(=O)O)ccc2c1C(C(C)(C)C)=NS2(=O)=O. The summed E-state index contributed by atoms with van der Waals surface area (Å²) in [6.45, 7) is 5.51. The van der Waals surface area contributed by atoms with E-state index < -0.39 is 21.4 Å². The first-order chi connectivity index (χ1) is 9.09. The molecule has 1 aliphatic heterocycles. The molecule has 108 valence electrons. The zero-order valence-corrected chi connectivity index (χ0v) is 12.5. The van der Waals surface area contributed by atoms with E-state index in [2.05, 4.69) is 9.71 Å². The molecule has 1 aliphatic rings. The van der Waals surface area contributed by atoms with Crippen LogP contribution >= 0.6 is 0 Å². The first-order valence-electron chi connectivity index (χ1n) is 6.03. The van der Waals surface area contributed by atoms with Gasteiger partial charge in [-0.25, -0.2) is 4.79 Å². The van der Waals surface area contributed by atoms with Crippen LogP contribution < -0.4 is 5.32 Å². The average molecular weight is 296 g/mol. The van der Waals surface area contributed by atoms with Crippen LogP contribution in [0.25, 0.3) is 0 Å². The molecule has 0 aromatic heterocycles. The molecule has 20 heavy (non-hydrogen) atoms. The highest BCUT2D eigenvalue weighted by atomic mass is 32.2. The van der Waals surface area contributed by atoms with Crippen molar-refractivity contribution in [3.63, 3.8) is 0 Å². The Morgan fingerprint density at radius 2 is 1.90 bits per heavy atom. The third kappa shape index (κ3) is 2.07. The van der Waals surface area contributed by atoms with Crippen molar-refractivity contribution in [2.45, 2.75) is 25.7 Å². The van der Waals surface area contributed by atoms with Gasteiger partial charge < -0.3 is 10.4 Å². The molecule has 1 heterocycles. The van der Waals surface area contributed by atoms with Crippen LogP contribution in [0.3, 0.4) is 0 Å². The van der Waals surface area contributed by atoms with Crippen LogP contribution in [0.5, 0.6) is 0 Å². The highest BCUT2D eigenvalue weighted by Crippen LogP contribution is 2.39. The van der Waals surface area contributed by atoms with Crippen LogP contribution in [0, 0.1) is 5.41 Å². The van der Waals surface area contributed by atoms with Gasteiger partial charge in [0.1, 0.15) is 4.90 Å². The summed E-state index contributed by atoms with van der Waals surface area (Å²) in [5.74, 6) is -1.12. The Bertz CT molecular complexity index is 727. The highest BCUT2D eigenvalue weighted by Gasteiger charge is 2.38. The molecule has 0 amide bonds. The fraction of sp³-hybridized carbons (Fsp3) is 0.385. The number of nitrogens with one attached hydrogen (secondary N) is 1. The average Bonchev–Trinajstić information content (AvgIpc) is 2.60. The number of fused-ring (bicyclic) bond motifs is 1. The van der Waals surface area contributed by atoms with E-state index in [9.17, 15) is 18.3 Å². The minimum atomic E-state index is -3.76. The lowest BCUT2D eigenvalue weighted by Gasteiger charge is -2.21. The number of anilines is 1. The van der Waals surface area contributed by atoms with Crippen molar-refractivity contribution in [3.05, 3.63) is 23.3 Å². The van der Waals surface area contributed by atoms with E-state index in [1.807, 2.05) is 20.8 Å². The van der Waals surface area contributed by atoms with Gasteiger partial charge in [0.2, 0.25) is 0 Å². The molecule has 0 radical (unpaired) electrons. The molecular weight excluding hydrogens is 280 g/mol. The summed E-state index contributed by atoms with van der Waals surface area (Å²) in [4.78, 5) is 11.3. The van der Waals surface area contributed by atoms with E-state index in [0.29, 0.717) is 11.3 Å². The fourth-order valence-corrected chi connectivity index (χ4v) is 3.60. The summed E-state index contributed by atoms with van der Waals surface area (Å²) < 4.78 is 28.0. The zero-order chi connectivity index (χ0) is 15.3. The second-order valence-corrected chi connectivity index (χ2v) is 7.15. The maximum atomic E-state index is 12.1. The Balaban J connectivity index is 2.89. The molecule has 0 atom stereocenters. The first kappa shape index (κ1) is 14.5. The molecule has 0 saturated heterocycles. The summed E-state index contributed by atoms with van der Waals surface area (Å²) in [5.41, 5.74) is 0.533. The van der Waals surface area contributed by atoms with E-state index in [-0.39, 0.29) is 16.1 Å². The second kappa shape index (κ2) is 4.31. The maximum absolute atomic E-state index is 12.1. The number of aromatic carboxylic acids is 1. The number of hydrogen-bond acceptors (Lipinski definition) is 4. The van der Waals surface area contributed by atoms with Gasteiger partial charge in [0.15, 0.2) is 0 Å². The van der Waals surface area contributed by atoms with Gasteiger partial charge in [0.05, 0.1) is 17.0 Å². The second-order valence-electron chi connectivity index (χ2n) is 5.58. The number of hydrogen-bond donors (Lipinski definition) is 2. The largest absolute Gasteiger partial charge is 0.478 e. The quantitative estimate of drug-likeness (QED) is 0.869. The lowest BCUT2D eigenvalue weighted by Crippen LogP contribution is -2.22. The number of carbonyl (C=O) groups is 1. The Kier molecular flexibility index (Phi) is 3.13. The van der Waals surface area contributed by atoms with E-state index in [1.165, 1.54) is 12.1 Å². The zero-order valence-electron chi connectivity index (χ0n) is 11.7. The predicted molar refractivity (Wildman–Crippen MR) is 76.1 cm³/mol. The minimum Gasteiger partial charge on any atom is -0.478 e. The Labute approximate surface area is 117 Å². The molecule has 2 N–H and O–H groups in total. The molecule has 0 aliphatic carbocycles. The summed E-state index contributed by atoms with van der Waals surface area (Å²) in [7, 11) is -2.20. The number of carboxylic acids is 1. The Morgan fingerprint density at radius 3 is 2.35 bits per heavy atom. The van der Waals surface area contributed by atoms with Crippen LogP contribution in [-0.4, -0.2) is 32.3 Å². The molecule has 0 unspecified atom stereocenters. The number of sulfonamides is 1. The van der Waals surface area contributed by atoms with Gasteiger partial charge in [-0.1, -0.05) is 20.8 Å². The monoisotopic (exact) mass is 296 g/mol. The molecule has 2 rings (SSSR count). The molecule has 6 nitrogen and oxygen atoms in total. The lowest BCUT2D eigenvalue weighted by molar-refractivity contribution is 0.0698. The molecule has 0 bridgehead atoms. The summed E-state index contributed by atoms with van der Waals surface area (Å²) in [5, 5.41) is 12.0. The molecule has 1 aromatic carbocycles. The number of carboxylic acid groups (broad SMARTS) is 1. The topological polar surface area (TPSA) is 95.8 Å². The van der Waals surface area contributed by atoms with Gasteiger partial charge in [-0.15, -0.1) is 0 Å². The van der Waals surface area contributed by atoms with E-state index in [1.54, 1.807) is 7.05 Å². The maximum Gasteiger partial charge on any atom is 0.337 e. The van der Waals surface area contributed by atoms with Crippen molar-refractivity contribution in [3.8, 4) is 0 Å². The fourth-order valence-electron chi connectivity index (χ4n) is 2.20. The Hall–Kier alpha value is -1.89. The number of benzene rings is 1. The number of nitrogens with zero attached hydrogens (tertiary/aromatic N) is 1. The van der Waals surface area contributed by atoms with Crippen LogP contribution in [0.4, 0.5) is 5.69 Å². The van der Waals surface area contributed by atoms with Crippen molar-refractivity contribution >= 4 is 27.4 Å². The predicted octanol–water partition coefficient (Wildman–Crippen LogP) is 1.96. The van der Waals surface area contributed by atoms with Gasteiger partial charge in [0.25, 0.3) is 10.0 Å². The molecule has 0 saturated carbocycles. The van der Waals surface area contributed by atoms with Crippen molar-refractivity contribution in [1.82, 2.24) is 0 Å². The third-order valence-electron chi connectivity index (χ3n) is 3.08. The standard InChI is InChI=1S/C13H16N2O4S/c1-13(2,3)11-9-8(20(18,19)15-11)6-5-7(12(16)17)10(9)14-4/h5-6,14H,1-4H3,(H,16,17). The molecule has 1 aromatic rings. The van der Waals surface area contributed by atoms with Gasteiger partial charge in [-0.2, -0.15) is 12.8 Å². The van der Waals surface area contributed by atoms with Crippen molar-refractivity contribution in [2.24, 2.45) is 9.81 Å². The van der Waals surface area contributed by atoms with Gasteiger partial charge in [-0.05, 0) is 12.1 Å². The summed E-state index contributed by atoms with van der Waals surface area (Å²) >= 11 is 0. The third-order valence-corrected chi connectivity index (χ3v) is 4.40. The van der Waals surface area contributed by atoms with E-state index in [0.717, 1.165) is 0 Å². The Morgan fingerprint density at radius 1 is 1.30 bits per heavy atom. The van der Waals surface area contributed by atoms with Crippen molar-refractivity contribution < 1.29 is 18.3 Å². The summed E-state index contributed by atoms with van der Waals surface area (Å²) in [6.07, 6.45) is 0. The van der Waals surface area contributed by atoms with Gasteiger partial charge >= 0.3 is 5.97 Å². The molecule has 0 fully saturated rings. The van der Waals surface area contributed by atoms with Crippen LogP contribution in [0.1, 0.15) is 36.7 Å². The molecule has 7 heteroatoms. The van der Waals surface area contributed by atoms with E-state index in [4.69, 9.17) is 0 Å². The normalized spacial score (nSPS) is 16.5. The van der Waals surface area contributed by atoms with Crippen molar-refractivity contribution in [1.29, 1.82) is 0 Å². The number of rotatable bonds is 2. The minimum absolute atomic E-state index is 0.0281. The van der Waals surface area contributed by atoms with Crippen LogP contribution in [-0.2, 0) is 10.0 Å². The molecule has 0 spiro atoms. The highest BCUT2D eigenvalue weighted by molar-refractivity contribution is 7.90. The smallest absolute Gasteiger partial charge is 0.337 e.